The SMILES string of the molecule is Cc1cc(C)cc(P(C)C)c1. The molecule has 0 aromatic heterocycles. The van der Waals surface area contributed by atoms with E-state index in [-0.39, 0.29) is 7.92 Å². The van der Waals surface area contributed by atoms with Crippen LogP contribution in [0.5, 0.6) is 0 Å². The van der Waals surface area contributed by atoms with Crippen molar-refractivity contribution in [3.63, 3.8) is 0 Å². The van der Waals surface area contributed by atoms with Crippen LogP contribution in [-0.2, 0) is 0 Å². The maximum absolute atomic E-state index is 2.30. The fourth-order valence-corrected chi connectivity index (χ4v) is 2.13. The van der Waals surface area contributed by atoms with E-state index in [9.17, 15) is 0 Å². The van der Waals surface area contributed by atoms with E-state index in [2.05, 4.69) is 45.4 Å². The van der Waals surface area contributed by atoms with Crippen LogP contribution < -0.4 is 5.30 Å². The highest BCUT2D eigenvalue weighted by molar-refractivity contribution is 7.64. The van der Waals surface area contributed by atoms with Gasteiger partial charge in [0.2, 0.25) is 0 Å². The third-order valence-electron chi connectivity index (χ3n) is 1.72. The van der Waals surface area contributed by atoms with E-state index in [1.54, 1.807) is 0 Å². The molecule has 0 nitrogen and oxygen atoms in total. The molecule has 0 aliphatic heterocycles. The topological polar surface area (TPSA) is 0 Å². The van der Waals surface area contributed by atoms with Crippen molar-refractivity contribution in [2.75, 3.05) is 13.3 Å². The smallest absolute Gasteiger partial charge is 0.0241 e. The minimum atomic E-state index is 0.0720. The van der Waals surface area contributed by atoms with Crippen LogP contribution in [0, 0.1) is 13.8 Å². The molecule has 0 bridgehead atoms. The van der Waals surface area contributed by atoms with Gasteiger partial charge in [0.05, 0.1) is 0 Å². The lowest BCUT2D eigenvalue weighted by Gasteiger charge is -2.07. The van der Waals surface area contributed by atoms with Gasteiger partial charge in [-0.3, -0.25) is 0 Å². The molecule has 0 amide bonds. The van der Waals surface area contributed by atoms with Gasteiger partial charge in [-0.2, -0.15) is 0 Å². The molecule has 0 unspecified atom stereocenters. The molecule has 0 radical (unpaired) electrons. The van der Waals surface area contributed by atoms with E-state index < -0.39 is 0 Å². The number of rotatable bonds is 1. The predicted octanol–water partition coefficient (Wildman–Crippen LogP) is 2.67. The quantitative estimate of drug-likeness (QED) is 0.563. The molecule has 0 aliphatic carbocycles. The van der Waals surface area contributed by atoms with Gasteiger partial charge in [0.15, 0.2) is 0 Å². The molecule has 0 fully saturated rings. The summed E-state index contributed by atoms with van der Waals surface area (Å²) in [6.07, 6.45) is 0. The Morgan fingerprint density at radius 1 is 0.909 bits per heavy atom. The van der Waals surface area contributed by atoms with E-state index in [0.29, 0.717) is 0 Å². The first-order valence-corrected chi connectivity index (χ1v) is 6.09. The van der Waals surface area contributed by atoms with Crippen molar-refractivity contribution < 1.29 is 0 Å². The molecule has 11 heavy (non-hydrogen) atoms. The number of aryl methyl sites for hydroxylation is 2. The molecule has 0 saturated heterocycles. The summed E-state index contributed by atoms with van der Waals surface area (Å²) in [5.41, 5.74) is 2.77. The van der Waals surface area contributed by atoms with Gasteiger partial charge in [-0.1, -0.05) is 37.2 Å². The Morgan fingerprint density at radius 2 is 1.36 bits per heavy atom. The summed E-state index contributed by atoms with van der Waals surface area (Å²) in [4.78, 5) is 0. The highest BCUT2D eigenvalue weighted by atomic mass is 31.1. The lowest BCUT2D eigenvalue weighted by atomic mass is 10.2. The summed E-state index contributed by atoms with van der Waals surface area (Å²) >= 11 is 0. The van der Waals surface area contributed by atoms with Crippen molar-refractivity contribution in [2.24, 2.45) is 0 Å². The highest BCUT2D eigenvalue weighted by Gasteiger charge is 1.98. The molecule has 1 aromatic rings. The fourth-order valence-electron chi connectivity index (χ4n) is 1.21. The molecule has 1 aromatic carbocycles. The van der Waals surface area contributed by atoms with Crippen LogP contribution in [0.25, 0.3) is 0 Å². The van der Waals surface area contributed by atoms with E-state index in [1.807, 2.05) is 0 Å². The van der Waals surface area contributed by atoms with Crippen molar-refractivity contribution >= 4 is 13.2 Å². The van der Waals surface area contributed by atoms with Crippen LogP contribution in [0.3, 0.4) is 0 Å². The van der Waals surface area contributed by atoms with Crippen LogP contribution in [0.1, 0.15) is 11.1 Å². The van der Waals surface area contributed by atoms with E-state index >= 15 is 0 Å². The Hall–Kier alpha value is -0.350. The van der Waals surface area contributed by atoms with Gasteiger partial charge in [-0.15, -0.1) is 0 Å². The zero-order chi connectivity index (χ0) is 8.43. The zero-order valence-corrected chi connectivity index (χ0v) is 8.57. The second-order valence-corrected chi connectivity index (χ2v) is 5.55. The molecule has 0 saturated carbocycles. The summed E-state index contributed by atoms with van der Waals surface area (Å²) in [6.45, 7) is 8.91. The standard InChI is InChI=1S/C10H15P/c1-8-5-9(2)7-10(6-8)11(3)4/h5-7H,1-4H3. The van der Waals surface area contributed by atoms with Crippen LogP contribution in [0.4, 0.5) is 0 Å². The third-order valence-corrected chi connectivity index (χ3v) is 3.01. The van der Waals surface area contributed by atoms with Crippen LogP contribution in [0.15, 0.2) is 18.2 Å². The molecule has 1 rings (SSSR count). The van der Waals surface area contributed by atoms with Gasteiger partial charge in [-0.25, -0.2) is 0 Å². The van der Waals surface area contributed by atoms with Crippen molar-refractivity contribution in [2.45, 2.75) is 13.8 Å². The van der Waals surface area contributed by atoms with Crippen LogP contribution >= 0.6 is 7.92 Å². The molecule has 0 heterocycles. The highest BCUT2D eigenvalue weighted by Crippen LogP contribution is 2.24. The van der Waals surface area contributed by atoms with Crippen molar-refractivity contribution in [1.82, 2.24) is 0 Å². The molecule has 1 heteroatoms. The van der Waals surface area contributed by atoms with E-state index in [0.717, 1.165) is 0 Å². The second kappa shape index (κ2) is 3.36. The number of hydrogen-bond acceptors (Lipinski definition) is 0. The number of benzene rings is 1. The van der Waals surface area contributed by atoms with Crippen molar-refractivity contribution in [3.05, 3.63) is 29.3 Å². The first kappa shape index (κ1) is 8.74. The average molecular weight is 166 g/mol. The molecule has 0 spiro atoms. The minimum Gasteiger partial charge on any atom is -0.0817 e. The lowest BCUT2D eigenvalue weighted by molar-refractivity contribution is 1.40. The third kappa shape index (κ3) is 2.31. The number of hydrogen-bond donors (Lipinski definition) is 0. The Morgan fingerprint density at radius 3 is 1.73 bits per heavy atom. The van der Waals surface area contributed by atoms with Crippen molar-refractivity contribution in [3.8, 4) is 0 Å². The average Bonchev–Trinajstić information content (AvgIpc) is 1.85. The summed E-state index contributed by atoms with van der Waals surface area (Å²) in [6, 6.07) is 6.81. The molecular formula is C10H15P. The van der Waals surface area contributed by atoms with Crippen LogP contribution in [-0.4, -0.2) is 13.3 Å². The van der Waals surface area contributed by atoms with Gasteiger partial charge in [-0.05, 0) is 32.5 Å². The Labute approximate surface area is 70.4 Å². The minimum absolute atomic E-state index is 0.0720. The Balaban J connectivity index is 3.08. The van der Waals surface area contributed by atoms with Crippen molar-refractivity contribution in [1.29, 1.82) is 0 Å². The largest absolute Gasteiger partial charge is 0.0817 e. The first-order chi connectivity index (χ1) is 5.09. The monoisotopic (exact) mass is 166 g/mol. The fraction of sp³-hybridized carbons (Fsp3) is 0.400. The zero-order valence-electron chi connectivity index (χ0n) is 7.68. The van der Waals surface area contributed by atoms with Gasteiger partial charge in [0.1, 0.15) is 0 Å². The summed E-state index contributed by atoms with van der Waals surface area (Å²) < 4.78 is 0. The lowest BCUT2D eigenvalue weighted by Crippen LogP contribution is -2.00. The summed E-state index contributed by atoms with van der Waals surface area (Å²) in [5, 5.41) is 1.51. The summed E-state index contributed by atoms with van der Waals surface area (Å²) in [5.74, 6) is 0. The van der Waals surface area contributed by atoms with E-state index in [1.165, 1.54) is 16.4 Å². The van der Waals surface area contributed by atoms with Crippen LogP contribution in [0.2, 0.25) is 0 Å². The van der Waals surface area contributed by atoms with E-state index in [4.69, 9.17) is 0 Å². The van der Waals surface area contributed by atoms with Gasteiger partial charge in [0, 0.05) is 0 Å². The van der Waals surface area contributed by atoms with Gasteiger partial charge >= 0.3 is 0 Å². The summed E-state index contributed by atoms with van der Waals surface area (Å²) in [7, 11) is 0.0720. The molecule has 60 valence electrons. The maximum atomic E-state index is 2.30. The Bertz CT molecular complexity index is 231. The normalized spacial score (nSPS) is 10.6. The Kier molecular flexibility index (Phi) is 2.67. The molecule has 0 N–H and O–H groups in total. The molecule has 0 aliphatic rings. The second-order valence-electron chi connectivity index (χ2n) is 3.24. The van der Waals surface area contributed by atoms with Gasteiger partial charge in [0.25, 0.3) is 0 Å². The molecule has 0 atom stereocenters. The van der Waals surface area contributed by atoms with Gasteiger partial charge < -0.3 is 0 Å². The molecular weight excluding hydrogens is 151 g/mol. The first-order valence-electron chi connectivity index (χ1n) is 3.85. The predicted molar refractivity (Wildman–Crippen MR) is 54.3 cm³/mol. The maximum Gasteiger partial charge on any atom is -0.0241 e.